The minimum Gasteiger partial charge on any atom is -0.467 e. The van der Waals surface area contributed by atoms with E-state index in [9.17, 15) is 9.59 Å². The van der Waals surface area contributed by atoms with Gasteiger partial charge in [0.2, 0.25) is 4.87 Å². The Morgan fingerprint density at radius 3 is 2.16 bits per heavy atom. The Morgan fingerprint density at radius 1 is 1.16 bits per heavy atom. The summed E-state index contributed by atoms with van der Waals surface area (Å²) >= 11 is 6.07. The molecule has 3 nitrogen and oxygen atoms in total. The third kappa shape index (κ3) is 6.06. The Morgan fingerprint density at radius 2 is 1.74 bits per heavy atom. The molecule has 0 fully saturated rings. The summed E-state index contributed by atoms with van der Waals surface area (Å²) in [5.41, 5.74) is 2.38. The summed E-state index contributed by atoms with van der Waals surface area (Å²) < 4.78 is 4.59. The van der Waals surface area contributed by atoms with Crippen LogP contribution in [0.3, 0.4) is 0 Å². The van der Waals surface area contributed by atoms with Gasteiger partial charge in [0.15, 0.2) is 5.78 Å². The molecule has 19 heavy (non-hydrogen) atoms. The summed E-state index contributed by atoms with van der Waals surface area (Å²) in [5, 5.41) is 0. The fourth-order valence-electron chi connectivity index (χ4n) is 1.54. The van der Waals surface area contributed by atoms with Crippen LogP contribution in [0, 0.1) is 0 Å². The van der Waals surface area contributed by atoms with Crippen LogP contribution in [0.1, 0.15) is 47.0 Å². The fourth-order valence-corrected chi connectivity index (χ4v) is 1.69. The van der Waals surface area contributed by atoms with Gasteiger partial charge in [0.05, 0.1) is 7.11 Å². The number of rotatable bonds is 7. The fraction of sp³-hybridized carbons (Fsp3) is 0.600. The third-order valence-corrected chi connectivity index (χ3v) is 3.46. The smallest absolute Gasteiger partial charge is 0.334 e. The van der Waals surface area contributed by atoms with Crippen molar-refractivity contribution in [3.05, 3.63) is 23.3 Å². The zero-order valence-corrected chi connectivity index (χ0v) is 13.1. The Labute approximate surface area is 120 Å². The first kappa shape index (κ1) is 17.9. The van der Waals surface area contributed by atoms with Crippen LogP contribution in [0.5, 0.6) is 0 Å². The van der Waals surface area contributed by atoms with Gasteiger partial charge in [-0.3, -0.25) is 4.79 Å². The van der Waals surface area contributed by atoms with Gasteiger partial charge < -0.3 is 4.74 Å². The van der Waals surface area contributed by atoms with Crippen molar-refractivity contribution in [3.63, 3.8) is 0 Å². The zero-order chi connectivity index (χ0) is 15.1. The molecule has 0 saturated heterocycles. The average Bonchev–Trinajstić information content (AvgIpc) is 2.34. The predicted octanol–water partition coefficient (Wildman–Crippen LogP) is 3.81. The van der Waals surface area contributed by atoms with E-state index in [1.54, 1.807) is 0 Å². The second kappa shape index (κ2) is 8.16. The second-order valence-electron chi connectivity index (χ2n) is 4.92. The van der Waals surface area contributed by atoms with Gasteiger partial charge >= 0.3 is 5.97 Å². The number of halogens is 1. The summed E-state index contributed by atoms with van der Waals surface area (Å²) in [7, 11) is 1.23. The standard InChI is InChI=1S/C15H23ClO3/c1-11(2)7-6-8-12(3)9-10-15(16,13(4)17)14(18)19-5/h7,9H,6,8,10H2,1-5H3. The number of carbonyl (C=O) groups excluding carboxylic acids is 2. The Balaban J connectivity index is 4.67. The molecule has 0 N–H and O–H groups in total. The molecule has 1 atom stereocenters. The minimum atomic E-state index is -1.59. The predicted molar refractivity (Wildman–Crippen MR) is 78.3 cm³/mol. The number of ether oxygens (including phenoxy) is 1. The van der Waals surface area contributed by atoms with Crippen molar-refractivity contribution < 1.29 is 14.3 Å². The van der Waals surface area contributed by atoms with Gasteiger partial charge in [-0.1, -0.05) is 34.9 Å². The van der Waals surface area contributed by atoms with Crippen LogP contribution >= 0.6 is 11.6 Å². The topological polar surface area (TPSA) is 43.4 Å². The number of alkyl halides is 1. The van der Waals surface area contributed by atoms with Gasteiger partial charge in [-0.25, -0.2) is 4.79 Å². The van der Waals surface area contributed by atoms with Crippen LogP contribution < -0.4 is 0 Å². The van der Waals surface area contributed by atoms with Crippen molar-refractivity contribution in [2.24, 2.45) is 0 Å². The summed E-state index contributed by atoms with van der Waals surface area (Å²) in [6.07, 6.45) is 5.98. The lowest BCUT2D eigenvalue weighted by Gasteiger charge is -2.19. The number of methoxy groups -OCH3 is 1. The van der Waals surface area contributed by atoms with E-state index in [1.807, 2.05) is 13.0 Å². The maximum absolute atomic E-state index is 11.6. The summed E-state index contributed by atoms with van der Waals surface area (Å²) in [6, 6.07) is 0. The van der Waals surface area contributed by atoms with Crippen molar-refractivity contribution >= 4 is 23.4 Å². The van der Waals surface area contributed by atoms with E-state index in [4.69, 9.17) is 11.6 Å². The molecule has 0 aromatic heterocycles. The van der Waals surface area contributed by atoms with E-state index in [2.05, 4.69) is 24.7 Å². The number of ketones is 1. The van der Waals surface area contributed by atoms with Crippen LogP contribution in [0.25, 0.3) is 0 Å². The van der Waals surface area contributed by atoms with E-state index in [0.29, 0.717) is 0 Å². The number of carbonyl (C=O) groups is 2. The SMILES string of the molecule is COC(=O)C(Cl)(CC=C(C)CCC=C(C)C)C(C)=O. The van der Waals surface area contributed by atoms with Crippen molar-refractivity contribution in [1.29, 1.82) is 0 Å². The monoisotopic (exact) mass is 286 g/mol. The van der Waals surface area contributed by atoms with Crippen molar-refractivity contribution in [1.82, 2.24) is 0 Å². The number of Topliss-reactive ketones (excluding diaryl/α,β-unsaturated/α-hetero) is 1. The molecule has 0 aliphatic carbocycles. The molecule has 0 amide bonds. The highest BCUT2D eigenvalue weighted by atomic mass is 35.5. The van der Waals surface area contributed by atoms with Gasteiger partial charge in [-0.2, -0.15) is 0 Å². The highest BCUT2D eigenvalue weighted by Crippen LogP contribution is 2.25. The first-order valence-electron chi connectivity index (χ1n) is 6.31. The highest BCUT2D eigenvalue weighted by molar-refractivity contribution is 6.45. The number of allylic oxidation sites excluding steroid dienone is 4. The summed E-state index contributed by atoms with van der Waals surface area (Å²) in [5.74, 6) is -1.09. The van der Waals surface area contributed by atoms with Crippen LogP contribution in [0.4, 0.5) is 0 Å². The second-order valence-corrected chi connectivity index (χ2v) is 5.57. The minimum absolute atomic E-state index is 0.164. The highest BCUT2D eigenvalue weighted by Gasteiger charge is 2.41. The van der Waals surface area contributed by atoms with Crippen molar-refractivity contribution in [3.8, 4) is 0 Å². The van der Waals surface area contributed by atoms with Crippen LogP contribution in [-0.4, -0.2) is 23.7 Å². The quantitative estimate of drug-likeness (QED) is 0.309. The molecule has 4 heteroatoms. The number of esters is 1. The van der Waals surface area contributed by atoms with Gasteiger partial charge in [0, 0.05) is 6.42 Å². The average molecular weight is 287 g/mol. The van der Waals surface area contributed by atoms with E-state index in [0.717, 1.165) is 18.4 Å². The van der Waals surface area contributed by atoms with Crippen LogP contribution in [0.2, 0.25) is 0 Å². The lowest BCUT2D eigenvalue weighted by molar-refractivity contribution is -0.146. The Kier molecular flexibility index (Phi) is 7.69. The van der Waals surface area contributed by atoms with Gasteiger partial charge in [-0.05, 0) is 40.5 Å². The lowest BCUT2D eigenvalue weighted by Crippen LogP contribution is -2.40. The number of hydrogen-bond donors (Lipinski definition) is 0. The van der Waals surface area contributed by atoms with E-state index >= 15 is 0 Å². The first-order valence-corrected chi connectivity index (χ1v) is 6.69. The molecule has 0 rings (SSSR count). The van der Waals surface area contributed by atoms with Gasteiger partial charge in [-0.15, -0.1) is 0 Å². The molecular weight excluding hydrogens is 264 g/mol. The third-order valence-electron chi connectivity index (χ3n) is 2.89. The largest absolute Gasteiger partial charge is 0.467 e. The molecule has 0 radical (unpaired) electrons. The van der Waals surface area contributed by atoms with E-state index < -0.39 is 16.6 Å². The molecule has 0 spiro atoms. The van der Waals surface area contributed by atoms with Crippen molar-refractivity contribution in [2.45, 2.75) is 51.8 Å². The Hall–Kier alpha value is -1.09. The maximum atomic E-state index is 11.6. The molecule has 0 aromatic rings. The normalized spacial score (nSPS) is 14.5. The summed E-state index contributed by atoms with van der Waals surface area (Å²) in [6.45, 7) is 7.37. The van der Waals surface area contributed by atoms with Gasteiger partial charge in [0.25, 0.3) is 0 Å². The first-order chi connectivity index (χ1) is 8.74. The molecular formula is C15H23ClO3. The molecule has 108 valence electrons. The van der Waals surface area contributed by atoms with Crippen LogP contribution in [-0.2, 0) is 14.3 Å². The molecule has 0 heterocycles. The molecule has 0 saturated carbocycles. The van der Waals surface area contributed by atoms with Gasteiger partial charge in [0.1, 0.15) is 0 Å². The summed E-state index contributed by atoms with van der Waals surface area (Å²) in [4.78, 5) is 21.5. The van der Waals surface area contributed by atoms with E-state index in [1.165, 1.54) is 19.6 Å². The van der Waals surface area contributed by atoms with Crippen LogP contribution in [0.15, 0.2) is 23.3 Å². The molecule has 0 aliphatic rings. The Bertz CT molecular complexity index is 392. The molecule has 0 bridgehead atoms. The molecule has 0 aliphatic heterocycles. The molecule has 0 aromatic carbocycles. The van der Waals surface area contributed by atoms with E-state index in [-0.39, 0.29) is 6.42 Å². The lowest BCUT2D eigenvalue weighted by atomic mass is 9.97. The zero-order valence-electron chi connectivity index (χ0n) is 12.4. The number of hydrogen-bond acceptors (Lipinski definition) is 3. The molecule has 1 unspecified atom stereocenters. The maximum Gasteiger partial charge on any atom is 0.334 e. The van der Waals surface area contributed by atoms with Crippen molar-refractivity contribution in [2.75, 3.05) is 7.11 Å².